The second-order valence-electron chi connectivity index (χ2n) is 3.30. The van der Waals surface area contributed by atoms with Crippen molar-refractivity contribution in [3.05, 3.63) is 28.9 Å². The van der Waals surface area contributed by atoms with Crippen molar-refractivity contribution in [2.24, 2.45) is 0 Å². The third kappa shape index (κ3) is 2.03. The molecule has 84 valence electrons. The highest BCUT2D eigenvalue weighted by atomic mass is 35.5. The van der Waals surface area contributed by atoms with Crippen molar-refractivity contribution < 1.29 is 0 Å². The van der Waals surface area contributed by atoms with Crippen LogP contribution in [0.25, 0.3) is 10.2 Å². The summed E-state index contributed by atoms with van der Waals surface area (Å²) < 4.78 is 1.06. The Morgan fingerprint density at radius 3 is 3.06 bits per heavy atom. The van der Waals surface area contributed by atoms with E-state index in [0.29, 0.717) is 6.54 Å². The van der Waals surface area contributed by atoms with Crippen LogP contribution in [-0.4, -0.2) is 16.5 Å². The number of rotatable bonds is 4. The average Bonchev–Trinajstić information content (AvgIpc) is 2.68. The predicted octanol–water partition coefficient (Wildman–Crippen LogP) is 3.51. The Hall–Kier alpha value is -1.13. The lowest BCUT2D eigenvalue weighted by Crippen LogP contribution is -2.01. The molecule has 0 saturated heterocycles. The molecule has 0 atom stereocenters. The summed E-state index contributed by atoms with van der Waals surface area (Å²) in [4.78, 5) is 8.47. The van der Waals surface area contributed by atoms with Gasteiger partial charge in [0.1, 0.15) is 5.82 Å². The van der Waals surface area contributed by atoms with Gasteiger partial charge in [0.25, 0.3) is 0 Å². The largest absolute Gasteiger partial charge is 0.365 e. The zero-order chi connectivity index (χ0) is 11.5. The number of halogens is 1. The van der Waals surface area contributed by atoms with Gasteiger partial charge in [0, 0.05) is 6.54 Å². The van der Waals surface area contributed by atoms with Gasteiger partial charge in [-0.1, -0.05) is 13.0 Å². The lowest BCUT2D eigenvalue weighted by atomic mass is 10.2. The fraction of sp³-hybridized carbons (Fsp3) is 0.273. The molecule has 0 aromatic carbocycles. The van der Waals surface area contributed by atoms with E-state index in [9.17, 15) is 0 Å². The van der Waals surface area contributed by atoms with Gasteiger partial charge in [-0.3, -0.25) is 0 Å². The first kappa shape index (κ1) is 11.4. The molecule has 0 aliphatic rings. The van der Waals surface area contributed by atoms with Crippen LogP contribution in [0.2, 0.25) is 5.28 Å². The summed E-state index contributed by atoms with van der Waals surface area (Å²) in [5, 5.41) is 5.56. The Kier molecular flexibility index (Phi) is 3.41. The molecule has 0 aliphatic heterocycles. The molecule has 0 radical (unpaired) electrons. The fourth-order valence-electron chi connectivity index (χ4n) is 1.48. The van der Waals surface area contributed by atoms with Gasteiger partial charge in [-0.25, -0.2) is 4.98 Å². The maximum absolute atomic E-state index is 5.91. The van der Waals surface area contributed by atoms with Gasteiger partial charge >= 0.3 is 0 Å². The normalized spacial score (nSPS) is 10.6. The summed E-state index contributed by atoms with van der Waals surface area (Å²) in [6, 6.07) is 0. The molecular weight excluding hydrogens is 242 g/mol. The summed E-state index contributed by atoms with van der Waals surface area (Å²) >= 11 is 7.55. The molecule has 16 heavy (non-hydrogen) atoms. The Bertz CT molecular complexity index is 521. The van der Waals surface area contributed by atoms with Crippen LogP contribution >= 0.6 is 22.9 Å². The molecule has 2 heterocycles. The van der Waals surface area contributed by atoms with Gasteiger partial charge in [-0.2, -0.15) is 4.98 Å². The monoisotopic (exact) mass is 253 g/mol. The van der Waals surface area contributed by atoms with E-state index in [1.165, 1.54) is 5.56 Å². The molecule has 0 bridgehead atoms. The Labute approximate surface area is 103 Å². The first-order valence-corrected chi connectivity index (χ1v) is 6.30. The molecule has 2 rings (SSSR count). The number of thiophene rings is 1. The Morgan fingerprint density at radius 2 is 2.38 bits per heavy atom. The number of nitrogens with one attached hydrogen (secondary N) is 1. The molecule has 0 amide bonds. The summed E-state index contributed by atoms with van der Waals surface area (Å²) in [6.45, 7) is 6.44. The number of fused-ring (bicyclic) bond motifs is 1. The zero-order valence-electron chi connectivity index (χ0n) is 8.96. The van der Waals surface area contributed by atoms with Crippen LogP contribution in [0.1, 0.15) is 12.5 Å². The first-order valence-electron chi connectivity index (χ1n) is 5.04. The maximum atomic E-state index is 5.91. The lowest BCUT2D eigenvalue weighted by molar-refractivity contribution is 1.14. The van der Waals surface area contributed by atoms with Crippen LogP contribution in [0.4, 0.5) is 5.82 Å². The van der Waals surface area contributed by atoms with E-state index in [0.717, 1.165) is 22.5 Å². The third-order valence-corrected chi connectivity index (χ3v) is 3.45. The third-order valence-electron chi connectivity index (χ3n) is 2.26. The van der Waals surface area contributed by atoms with Gasteiger partial charge in [0.15, 0.2) is 0 Å². The molecule has 0 unspecified atom stereocenters. The summed E-state index contributed by atoms with van der Waals surface area (Å²) in [6.07, 6.45) is 2.74. The van der Waals surface area contributed by atoms with E-state index < -0.39 is 0 Å². The van der Waals surface area contributed by atoms with Gasteiger partial charge in [-0.15, -0.1) is 17.9 Å². The number of nitrogens with zero attached hydrogens (tertiary/aromatic N) is 2. The highest BCUT2D eigenvalue weighted by molar-refractivity contribution is 7.18. The molecule has 2 aromatic heterocycles. The Balaban J connectivity index is 2.55. The minimum absolute atomic E-state index is 0.284. The predicted molar refractivity (Wildman–Crippen MR) is 70.5 cm³/mol. The van der Waals surface area contributed by atoms with E-state index >= 15 is 0 Å². The molecule has 3 nitrogen and oxygen atoms in total. The van der Waals surface area contributed by atoms with Crippen molar-refractivity contribution in [3.63, 3.8) is 0 Å². The number of hydrogen-bond donors (Lipinski definition) is 1. The molecule has 0 spiro atoms. The topological polar surface area (TPSA) is 37.8 Å². The van der Waals surface area contributed by atoms with E-state index in [4.69, 9.17) is 11.6 Å². The van der Waals surface area contributed by atoms with Crippen LogP contribution in [0.3, 0.4) is 0 Å². The van der Waals surface area contributed by atoms with Crippen LogP contribution in [0.15, 0.2) is 18.0 Å². The van der Waals surface area contributed by atoms with Crippen molar-refractivity contribution >= 4 is 39.0 Å². The molecule has 0 saturated carbocycles. The van der Waals surface area contributed by atoms with Crippen molar-refractivity contribution in [2.75, 3.05) is 11.9 Å². The quantitative estimate of drug-likeness (QED) is 0.669. The Morgan fingerprint density at radius 1 is 1.56 bits per heavy atom. The van der Waals surface area contributed by atoms with Crippen molar-refractivity contribution in [3.8, 4) is 0 Å². The second kappa shape index (κ2) is 4.80. The number of anilines is 1. The second-order valence-corrected chi connectivity index (χ2v) is 4.52. The van der Waals surface area contributed by atoms with Crippen LogP contribution in [-0.2, 0) is 6.42 Å². The minimum Gasteiger partial charge on any atom is -0.365 e. The molecule has 0 fully saturated rings. The lowest BCUT2D eigenvalue weighted by Gasteiger charge is -2.04. The highest BCUT2D eigenvalue weighted by Crippen LogP contribution is 2.31. The number of aryl methyl sites for hydroxylation is 1. The summed E-state index contributed by atoms with van der Waals surface area (Å²) in [5.74, 6) is 0.791. The highest BCUT2D eigenvalue weighted by Gasteiger charge is 2.11. The zero-order valence-corrected chi connectivity index (χ0v) is 10.5. The van der Waals surface area contributed by atoms with Crippen molar-refractivity contribution in [1.82, 2.24) is 9.97 Å². The summed E-state index contributed by atoms with van der Waals surface area (Å²) in [5.41, 5.74) is 2.17. The van der Waals surface area contributed by atoms with Crippen molar-refractivity contribution in [1.29, 1.82) is 0 Å². The average molecular weight is 254 g/mol. The van der Waals surface area contributed by atoms with Gasteiger partial charge in [0.2, 0.25) is 5.28 Å². The maximum Gasteiger partial charge on any atom is 0.224 e. The number of hydrogen-bond acceptors (Lipinski definition) is 4. The van der Waals surface area contributed by atoms with E-state index in [1.807, 2.05) is 0 Å². The minimum atomic E-state index is 0.284. The van der Waals surface area contributed by atoms with Gasteiger partial charge < -0.3 is 5.32 Å². The standard InChI is InChI=1S/C11H12ClN3S/c1-3-5-13-10-9-8(14-11(12)15-10)7(4-2)6-16-9/h3,6H,1,4-5H2,2H3,(H,13,14,15). The van der Waals surface area contributed by atoms with Gasteiger partial charge in [-0.05, 0) is 29.0 Å². The molecule has 0 aliphatic carbocycles. The van der Waals surface area contributed by atoms with E-state index in [-0.39, 0.29) is 5.28 Å². The molecule has 1 N–H and O–H groups in total. The summed E-state index contributed by atoms with van der Waals surface area (Å²) in [7, 11) is 0. The number of aromatic nitrogens is 2. The first-order chi connectivity index (χ1) is 7.76. The fourth-order valence-corrected chi connectivity index (χ4v) is 2.70. The van der Waals surface area contributed by atoms with Crippen molar-refractivity contribution in [2.45, 2.75) is 13.3 Å². The molecule has 5 heteroatoms. The molecular formula is C11H12ClN3S. The van der Waals surface area contributed by atoms with E-state index in [1.54, 1.807) is 17.4 Å². The van der Waals surface area contributed by atoms with Crippen LogP contribution in [0.5, 0.6) is 0 Å². The smallest absolute Gasteiger partial charge is 0.224 e. The SMILES string of the molecule is C=CCNc1nc(Cl)nc2c(CC)csc12. The van der Waals surface area contributed by atoms with E-state index in [2.05, 4.69) is 34.2 Å². The van der Waals surface area contributed by atoms with Crippen LogP contribution in [0, 0.1) is 0 Å². The molecule has 2 aromatic rings. The van der Waals surface area contributed by atoms with Gasteiger partial charge in [0.05, 0.1) is 10.2 Å². The van der Waals surface area contributed by atoms with Crippen LogP contribution < -0.4 is 5.32 Å².